The van der Waals surface area contributed by atoms with Gasteiger partial charge in [-0.1, -0.05) is 6.07 Å². The van der Waals surface area contributed by atoms with Crippen LogP contribution in [0.5, 0.6) is 0 Å². The zero-order chi connectivity index (χ0) is 19.7. The van der Waals surface area contributed by atoms with Gasteiger partial charge in [0.2, 0.25) is 5.91 Å². The molecule has 1 aliphatic rings. The second-order valence-electron chi connectivity index (χ2n) is 6.65. The fourth-order valence-electron chi connectivity index (χ4n) is 3.48. The van der Waals surface area contributed by atoms with Gasteiger partial charge in [-0.2, -0.15) is 13.2 Å². The number of alkyl halides is 3. The van der Waals surface area contributed by atoms with Crippen molar-refractivity contribution >= 4 is 28.5 Å². The van der Waals surface area contributed by atoms with Crippen LogP contribution in [0.2, 0.25) is 0 Å². The lowest BCUT2D eigenvalue weighted by Crippen LogP contribution is -2.42. The Kier molecular flexibility index (Phi) is 4.66. The minimum atomic E-state index is -4.50. The van der Waals surface area contributed by atoms with Crippen LogP contribution in [0.25, 0.3) is 11.1 Å². The molecule has 3 aromatic rings. The summed E-state index contributed by atoms with van der Waals surface area (Å²) < 4.78 is 45.1. The van der Waals surface area contributed by atoms with Crippen molar-refractivity contribution in [3.63, 3.8) is 0 Å². The number of pyridine rings is 1. The summed E-state index contributed by atoms with van der Waals surface area (Å²) in [4.78, 5) is 22.3. The summed E-state index contributed by atoms with van der Waals surface area (Å²) in [6.07, 6.45) is -0.686. The van der Waals surface area contributed by atoms with Crippen molar-refractivity contribution in [1.82, 2.24) is 9.97 Å². The molecule has 0 saturated carbocycles. The van der Waals surface area contributed by atoms with E-state index in [0.29, 0.717) is 36.2 Å². The minimum absolute atomic E-state index is 0.133. The van der Waals surface area contributed by atoms with E-state index in [4.69, 9.17) is 4.42 Å². The van der Waals surface area contributed by atoms with E-state index < -0.39 is 17.7 Å². The Morgan fingerprint density at radius 3 is 2.89 bits per heavy atom. The average Bonchev–Trinajstić information content (AvgIpc) is 3.17. The standard InChI is InChI=1S/C19H17F3N4O2/c20-19(21,22)13-5-2-8-23-17(13)26-9-3-4-12(10-26)18(27)25-14-6-1-7-15-16(14)24-11-28-15/h1-2,5-8,11-12H,3-4,9-10H2,(H,25,27). The number of carbonyl (C=O) groups excluding carboxylic acids is 1. The third-order valence-electron chi connectivity index (χ3n) is 4.80. The van der Waals surface area contributed by atoms with Crippen molar-refractivity contribution in [2.24, 2.45) is 5.92 Å². The number of piperidine rings is 1. The highest BCUT2D eigenvalue weighted by molar-refractivity contribution is 6.00. The summed E-state index contributed by atoms with van der Waals surface area (Å²) in [6.45, 7) is 0.587. The Labute approximate surface area is 158 Å². The Bertz CT molecular complexity index is 1000. The van der Waals surface area contributed by atoms with Crippen molar-refractivity contribution in [3.05, 3.63) is 48.5 Å². The number of aromatic nitrogens is 2. The normalized spacial score (nSPS) is 17.7. The first kappa shape index (κ1) is 18.3. The number of fused-ring (bicyclic) bond motifs is 1. The van der Waals surface area contributed by atoms with Crippen LogP contribution in [0.1, 0.15) is 18.4 Å². The van der Waals surface area contributed by atoms with Gasteiger partial charge in [0, 0.05) is 19.3 Å². The van der Waals surface area contributed by atoms with Crippen LogP contribution >= 0.6 is 0 Å². The van der Waals surface area contributed by atoms with Crippen molar-refractivity contribution < 1.29 is 22.4 Å². The van der Waals surface area contributed by atoms with Gasteiger partial charge in [0.1, 0.15) is 11.3 Å². The maximum absolute atomic E-state index is 13.3. The van der Waals surface area contributed by atoms with Crippen LogP contribution in [-0.2, 0) is 11.0 Å². The molecule has 1 aliphatic heterocycles. The Morgan fingerprint density at radius 2 is 2.07 bits per heavy atom. The molecule has 1 N–H and O–H groups in total. The van der Waals surface area contributed by atoms with E-state index in [-0.39, 0.29) is 18.3 Å². The van der Waals surface area contributed by atoms with E-state index in [1.54, 1.807) is 18.2 Å². The predicted octanol–water partition coefficient (Wildman–Crippen LogP) is 4.10. The Morgan fingerprint density at radius 1 is 1.21 bits per heavy atom. The highest BCUT2D eigenvalue weighted by Gasteiger charge is 2.37. The summed E-state index contributed by atoms with van der Waals surface area (Å²) in [5, 5.41) is 2.83. The van der Waals surface area contributed by atoms with Gasteiger partial charge < -0.3 is 14.6 Å². The van der Waals surface area contributed by atoms with Crippen LogP contribution < -0.4 is 10.2 Å². The number of benzene rings is 1. The molecule has 0 spiro atoms. The smallest absolute Gasteiger partial charge is 0.419 e. The van der Waals surface area contributed by atoms with Crippen molar-refractivity contribution in [2.45, 2.75) is 19.0 Å². The fraction of sp³-hybridized carbons (Fsp3) is 0.316. The molecule has 1 aromatic carbocycles. The maximum Gasteiger partial charge on any atom is 0.419 e. The van der Waals surface area contributed by atoms with Crippen LogP contribution in [0, 0.1) is 5.92 Å². The summed E-state index contributed by atoms with van der Waals surface area (Å²) in [6, 6.07) is 7.46. The number of oxazole rings is 1. The van der Waals surface area contributed by atoms with Gasteiger partial charge in [-0.15, -0.1) is 0 Å². The topological polar surface area (TPSA) is 71.3 Å². The molecule has 1 fully saturated rings. The van der Waals surface area contributed by atoms with E-state index in [9.17, 15) is 18.0 Å². The summed E-state index contributed by atoms with van der Waals surface area (Å²) in [7, 11) is 0. The molecular formula is C19H17F3N4O2. The molecule has 6 nitrogen and oxygen atoms in total. The van der Waals surface area contributed by atoms with Crippen molar-refractivity contribution in [1.29, 1.82) is 0 Å². The number of rotatable bonds is 3. The number of hydrogen-bond acceptors (Lipinski definition) is 5. The van der Waals surface area contributed by atoms with E-state index in [0.717, 1.165) is 6.07 Å². The average molecular weight is 390 g/mol. The molecule has 9 heteroatoms. The SMILES string of the molecule is O=C(Nc1cccc2ocnc12)C1CCCN(c2ncccc2C(F)(F)F)C1. The number of carbonyl (C=O) groups is 1. The molecule has 1 unspecified atom stereocenters. The van der Waals surface area contributed by atoms with Gasteiger partial charge in [-0.25, -0.2) is 9.97 Å². The van der Waals surface area contributed by atoms with Gasteiger partial charge in [0.15, 0.2) is 12.0 Å². The monoisotopic (exact) mass is 390 g/mol. The van der Waals surface area contributed by atoms with Crippen LogP contribution in [0.3, 0.4) is 0 Å². The number of nitrogens with one attached hydrogen (secondary N) is 1. The van der Waals surface area contributed by atoms with E-state index in [2.05, 4.69) is 15.3 Å². The van der Waals surface area contributed by atoms with Gasteiger partial charge in [0.05, 0.1) is 17.2 Å². The largest absolute Gasteiger partial charge is 0.443 e. The maximum atomic E-state index is 13.3. The van der Waals surface area contributed by atoms with Gasteiger partial charge >= 0.3 is 6.18 Å². The minimum Gasteiger partial charge on any atom is -0.443 e. The highest BCUT2D eigenvalue weighted by Crippen LogP contribution is 2.36. The van der Waals surface area contributed by atoms with Gasteiger partial charge in [-0.3, -0.25) is 4.79 Å². The van der Waals surface area contributed by atoms with Crippen molar-refractivity contribution in [3.8, 4) is 0 Å². The first-order valence-corrected chi connectivity index (χ1v) is 8.84. The first-order chi connectivity index (χ1) is 13.4. The molecule has 4 rings (SSSR count). The predicted molar refractivity (Wildman–Crippen MR) is 96.8 cm³/mol. The quantitative estimate of drug-likeness (QED) is 0.729. The molecule has 1 saturated heterocycles. The van der Waals surface area contributed by atoms with Crippen LogP contribution in [-0.4, -0.2) is 29.0 Å². The molecular weight excluding hydrogens is 373 g/mol. The molecule has 28 heavy (non-hydrogen) atoms. The Balaban J connectivity index is 1.53. The molecule has 0 radical (unpaired) electrons. The number of nitrogens with zero attached hydrogens (tertiary/aromatic N) is 3. The third kappa shape index (κ3) is 3.51. The van der Waals surface area contributed by atoms with Crippen LogP contribution in [0.4, 0.5) is 24.7 Å². The lowest BCUT2D eigenvalue weighted by atomic mass is 9.96. The van der Waals surface area contributed by atoms with Gasteiger partial charge in [-0.05, 0) is 37.1 Å². The van der Waals surface area contributed by atoms with Crippen molar-refractivity contribution in [2.75, 3.05) is 23.3 Å². The summed E-state index contributed by atoms with van der Waals surface area (Å²) in [5.41, 5.74) is 0.810. The summed E-state index contributed by atoms with van der Waals surface area (Å²) >= 11 is 0. The molecule has 1 amide bonds. The summed E-state index contributed by atoms with van der Waals surface area (Å²) in [5.74, 6) is -0.852. The number of hydrogen-bond donors (Lipinski definition) is 1. The molecule has 2 aromatic heterocycles. The number of halogens is 3. The Hall–Kier alpha value is -3.10. The van der Waals surface area contributed by atoms with Crippen LogP contribution in [0.15, 0.2) is 47.3 Å². The number of amides is 1. The zero-order valence-electron chi connectivity index (χ0n) is 14.7. The van der Waals surface area contributed by atoms with E-state index >= 15 is 0 Å². The number of para-hydroxylation sites is 1. The fourth-order valence-corrected chi connectivity index (χ4v) is 3.48. The highest BCUT2D eigenvalue weighted by atomic mass is 19.4. The third-order valence-corrected chi connectivity index (χ3v) is 4.80. The van der Waals surface area contributed by atoms with Gasteiger partial charge in [0.25, 0.3) is 0 Å². The molecule has 146 valence electrons. The molecule has 0 bridgehead atoms. The first-order valence-electron chi connectivity index (χ1n) is 8.84. The second-order valence-corrected chi connectivity index (χ2v) is 6.65. The molecule has 0 aliphatic carbocycles. The van der Waals surface area contributed by atoms with E-state index in [1.165, 1.54) is 23.6 Å². The van der Waals surface area contributed by atoms with E-state index in [1.807, 2.05) is 0 Å². The molecule has 3 heterocycles. The second kappa shape index (κ2) is 7.14. The molecule has 1 atom stereocenters. The lowest BCUT2D eigenvalue weighted by Gasteiger charge is -2.34. The zero-order valence-corrected chi connectivity index (χ0v) is 14.7. The lowest BCUT2D eigenvalue weighted by molar-refractivity contribution is -0.137. The number of anilines is 2.